The number of rotatable bonds is 10. The summed E-state index contributed by atoms with van der Waals surface area (Å²) in [6, 6.07) is 15.2. The average molecular weight is 594 g/mol. The van der Waals surface area contributed by atoms with E-state index in [1.165, 1.54) is 20.3 Å². The van der Waals surface area contributed by atoms with Crippen molar-refractivity contribution in [2.45, 2.75) is 11.8 Å². The van der Waals surface area contributed by atoms with Gasteiger partial charge in [0.2, 0.25) is 0 Å². The number of aromatic nitrogens is 2. The molecule has 0 aliphatic carbocycles. The molecule has 0 bridgehead atoms. The van der Waals surface area contributed by atoms with Crippen molar-refractivity contribution in [1.29, 1.82) is 0 Å². The van der Waals surface area contributed by atoms with Crippen molar-refractivity contribution in [3.05, 3.63) is 85.7 Å². The molecule has 38 heavy (non-hydrogen) atoms. The van der Waals surface area contributed by atoms with E-state index in [2.05, 4.69) is 10.2 Å². The number of methoxy groups -OCH3 is 2. The molecule has 1 N–H and O–H groups in total. The number of hydrogen-bond donors (Lipinski definition) is 1. The smallest absolute Gasteiger partial charge is 0.342 e. The summed E-state index contributed by atoms with van der Waals surface area (Å²) >= 11 is 18.9. The Labute approximate surface area is 237 Å². The van der Waals surface area contributed by atoms with Crippen LogP contribution in [0.2, 0.25) is 15.1 Å². The summed E-state index contributed by atoms with van der Waals surface area (Å²) in [4.78, 5) is 11.9. The summed E-state index contributed by atoms with van der Waals surface area (Å²) < 4.78 is 22.3. The monoisotopic (exact) mass is 592 g/mol. The Balaban J connectivity index is 1.53. The first-order valence-corrected chi connectivity index (χ1v) is 12.8. The number of aliphatic carboxylic acids is 1. The van der Waals surface area contributed by atoms with Crippen LogP contribution in [0.5, 0.6) is 17.2 Å². The summed E-state index contributed by atoms with van der Waals surface area (Å²) in [5.74, 6) is 0.340. The van der Waals surface area contributed by atoms with E-state index in [4.69, 9.17) is 53.4 Å². The number of benzene rings is 3. The lowest BCUT2D eigenvalue weighted by molar-refractivity contribution is -0.131. The van der Waals surface area contributed by atoms with Gasteiger partial charge in [-0.1, -0.05) is 46.9 Å². The van der Waals surface area contributed by atoms with Crippen molar-refractivity contribution in [2.75, 3.05) is 14.2 Å². The van der Waals surface area contributed by atoms with E-state index in [9.17, 15) is 9.90 Å². The highest BCUT2D eigenvalue weighted by Gasteiger charge is 2.19. The molecule has 0 saturated carbocycles. The van der Waals surface area contributed by atoms with Gasteiger partial charge in [-0.2, -0.15) is 0 Å². The van der Waals surface area contributed by atoms with Gasteiger partial charge < -0.3 is 23.7 Å². The maximum atomic E-state index is 12.0. The maximum absolute atomic E-state index is 12.0. The van der Waals surface area contributed by atoms with Crippen molar-refractivity contribution in [2.24, 2.45) is 0 Å². The molecular formula is C26H19Cl3N2O6S. The quantitative estimate of drug-likeness (QED) is 0.148. The highest BCUT2D eigenvalue weighted by Crippen LogP contribution is 2.36. The molecule has 0 aliphatic rings. The van der Waals surface area contributed by atoms with Crippen LogP contribution in [0.1, 0.15) is 11.1 Å². The molecule has 0 aliphatic heterocycles. The zero-order valence-corrected chi connectivity index (χ0v) is 23.0. The van der Waals surface area contributed by atoms with Crippen LogP contribution >= 0.6 is 46.6 Å². The van der Waals surface area contributed by atoms with Crippen LogP contribution in [0.3, 0.4) is 0 Å². The lowest BCUT2D eigenvalue weighted by Crippen LogP contribution is -1.99. The Kier molecular flexibility index (Phi) is 9.06. The summed E-state index contributed by atoms with van der Waals surface area (Å²) in [6.07, 6.45) is 1.46. The second kappa shape index (κ2) is 12.4. The second-order valence-electron chi connectivity index (χ2n) is 7.58. The van der Waals surface area contributed by atoms with Gasteiger partial charge in [0.05, 0.1) is 29.8 Å². The molecule has 0 amide bonds. The zero-order chi connectivity index (χ0) is 27.2. The van der Waals surface area contributed by atoms with Gasteiger partial charge in [0.15, 0.2) is 11.5 Å². The Morgan fingerprint density at radius 3 is 2.42 bits per heavy atom. The molecule has 0 radical (unpaired) electrons. The third-order valence-electron chi connectivity index (χ3n) is 5.07. The number of ether oxygens (including phenoxy) is 3. The number of halogens is 3. The van der Waals surface area contributed by atoms with Gasteiger partial charge in [-0.3, -0.25) is 0 Å². The SMILES string of the molecule is COc1cc(/C=C(\Sc2nnc(-c3cc(Cl)ccc3OC)o2)C(=O)O)ccc1OCc1ccc(Cl)c(Cl)c1. The highest BCUT2D eigenvalue weighted by molar-refractivity contribution is 8.03. The normalized spacial score (nSPS) is 11.3. The standard InChI is InChI=1S/C26H19Cl3N2O6S/c1-34-20-8-5-16(27)12-17(20)24-30-31-26(37-24)38-23(25(32)33)11-14-4-7-21(22(10-14)35-2)36-13-15-3-6-18(28)19(29)9-15/h3-12H,13H2,1-2H3,(H,32,33)/b23-11-. The van der Waals surface area contributed by atoms with Crippen LogP contribution in [-0.4, -0.2) is 35.5 Å². The van der Waals surface area contributed by atoms with E-state index in [1.807, 2.05) is 0 Å². The van der Waals surface area contributed by atoms with E-state index in [0.717, 1.165) is 17.3 Å². The van der Waals surface area contributed by atoms with Crippen LogP contribution in [0.15, 0.2) is 69.1 Å². The number of hydrogen-bond acceptors (Lipinski definition) is 8. The summed E-state index contributed by atoms with van der Waals surface area (Å²) in [5, 5.41) is 19.1. The van der Waals surface area contributed by atoms with Gasteiger partial charge in [0.25, 0.3) is 11.1 Å². The molecule has 3 aromatic carbocycles. The predicted molar refractivity (Wildman–Crippen MR) is 147 cm³/mol. The van der Waals surface area contributed by atoms with Crippen molar-refractivity contribution in [1.82, 2.24) is 10.2 Å². The third-order valence-corrected chi connectivity index (χ3v) is 6.90. The van der Waals surface area contributed by atoms with Crippen LogP contribution in [0, 0.1) is 0 Å². The Bertz CT molecular complexity index is 1510. The van der Waals surface area contributed by atoms with Crippen LogP contribution in [-0.2, 0) is 11.4 Å². The molecule has 0 fully saturated rings. The maximum Gasteiger partial charge on any atom is 0.342 e. The minimum absolute atomic E-state index is 0.0317. The molecule has 0 saturated heterocycles. The number of thioether (sulfide) groups is 1. The fourth-order valence-corrected chi connectivity index (χ4v) is 4.44. The zero-order valence-electron chi connectivity index (χ0n) is 19.9. The van der Waals surface area contributed by atoms with E-state index >= 15 is 0 Å². The van der Waals surface area contributed by atoms with Crippen LogP contribution in [0.25, 0.3) is 17.5 Å². The number of nitrogens with zero attached hydrogens (tertiary/aromatic N) is 2. The van der Waals surface area contributed by atoms with Crippen LogP contribution < -0.4 is 14.2 Å². The molecule has 8 nitrogen and oxygen atoms in total. The molecule has 0 spiro atoms. The average Bonchev–Trinajstić information content (AvgIpc) is 3.37. The topological polar surface area (TPSA) is 104 Å². The molecule has 0 unspecified atom stereocenters. The van der Waals surface area contributed by atoms with Crippen molar-refractivity contribution < 1.29 is 28.5 Å². The largest absolute Gasteiger partial charge is 0.496 e. The predicted octanol–water partition coefficient (Wildman–Crippen LogP) is 7.51. The highest BCUT2D eigenvalue weighted by atomic mass is 35.5. The Morgan fingerprint density at radius 2 is 1.71 bits per heavy atom. The minimum atomic E-state index is -1.17. The lowest BCUT2D eigenvalue weighted by Gasteiger charge is -2.12. The van der Waals surface area contributed by atoms with Gasteiger partial charge in [0, 0.05) is 5.02 Å². The van der Waals surface area contributed by atoms with Crippen molar-refractivity contribution in [3.63, 3.8) is 0 Å². The molecule has 1 heterocycles. The van der Waals surface area contributed by atoms with Crippen LogP contribution in [0.4, 0.5) is 0 Å². The van der Waals surface area contributed by atoms with Crippen molar-refractivity contribution in [3.8, 4) is 28.7 Å². The third kappa shape index (κ3) is 6.73. The van der Waals surface area contributed by atoms with Gasteiger partial charge >= 0.3 is 5.97 Å². The first kappa shape index (κ1) is 27.7. The molecule has 1 aromatic heterocycles. The number of carboxylic acids is 1. The first-order chi connectivity index (χ1) is 18.3. The summed E-state index contributed by atoms with van der Waals surface area (Å²) in [5.41, 5.74) is 1.87. The minimum Gasteiger partial charge on any atom is -0.496 e. The molecule has 12 heteroatoms. The second-order valence-corrected chi connectivity index (χ2v) is 9.82. The fraction of sp³-hybridized carbons (Fsp3) is 0.115. The van der Waals surface area contributed by atoms with E-state index in [-0.39, 0.29) is 22.6 Å². The van der Waals surface area contributed by atoms with Crippen molar-refractivity contribution >= 4 is 58.6 Å². The summed E-state index contributed by atoms with van der Waals surface area (Å²) in [6.45, 7) is 0.232. The Morgan fingerprint density at radius 1 is 0.947 bits per heavy atom. The van der Waals surface area contributed by atoms with E-state index < -0.39 is 5.97 Å². The van der Waals surface area contributed by atoms with Gasteiger partial charge in [-0.05, 0) is 71.4 Å². The summed E-state index contributed by atoms with van der Waals surface area (Å²) in [7, 11) is 2.99. The van der Waals surface area contributed by atoms with Gasteiger partial charge in [-0.25, -0.2) is 4.79 Å². The fourth-order valence-electron chi connectivity index (χ4n) is 3.27. The van der Waals surface area contributed by atoms with Gasteiger partial charge in [-0.15, -0.1) is 10.2 Å². The molecule has 4 aromatic rings. The van der Waals surface area contributed by atoms with E-state index in [0.29, 0.717) is 43.4 Å². The lowest BCUT2D eigenvalue weighted by atomic mass is 10.2. The van der Waals surface area contributed by atoms with Gasteiger partial charge in [0.1, 0.15) is 17.3 Å². The number of carboxylic acid groups (broad SMARTS) is 1. The molecule has 196 valence electrons. The van der Waals surface area contributed by atoms with E-state index in [1.54, 1.807) is 54.6 Å². The Hall–Kier alpha value is -3.37. The number of carbonyl (C=O) groups is 1. The molecule has 4 rings (SSSR count). The first-order valence-electron chi connectivity index (χ1n) is 10.8. The molecule has 0 atom stereocenters. The molecular weight excluding hydrogens is 575 g/mol.